The van der Waals surface area contributed by atoms with Crippen LogP contribution in [0.15, 0.2) is 35.3 Å². The Labute approximate surface area is 155 Å². The van der Waals surface area contributed by atoms with Crippen LogP contribution in [0.2, 0.25) is 0 Å². The van der Waals surface area contributed by atoms with Crippen LogP contribution in [-0.4, -0.2) is 38.1 Å². The molecular weight excluding hydrogens is 344 g/mol. The van der Waals surface area contributed by atoms with E-state index in [1.54, 1.807) is 24.2 Å². The number of aromatic nitrogens is 3. The van der Waals surface area contributed by atoms with Crippen LogP contribution >= 0.6 is 0 Å². The van der Waals surface area contributed by atoms with Crippen LogP contribution in [0.25, 0.3) is 11.0 Å². The maximum absolute atomic E-state index is 12.7. The molecule has 0 N–H and O–H groups in total. The van der Waals surface area contributed by atoms with Crippen molar-refractivity contribution in [2.24, 2.45) is 7.05 Å². The van der Waals surface area contributed by atoms with Gasteiger partial charge in [0.1, 0.15) is 5.75 Å². The summed E-state index contributed by atoms with van der Waals surface area (Å²) in [6, 6.07) is 7.48. The summed E-state index contributed by atoms with van der Waals surface area (Å²) in [7, 11) is 1.65. The zero-order valence-electron chi connectivity index (χ0n) is 15.1. The molecule has 0 saturated carbocycles. The smallest absolute Gasteiger partial charge is 0.337 e. The lowest BCUT2D eigenvalue weighted by Crippen LogP contribution is -2.47. The number of ether oxygens (including phenoxy) is 1. The number of fused-ring (bicyclic) bond motifs is 2. The van der Waals surface area contributed by atoms with Crippen LogP contribution in [-0.2, 0) is 19.9 Å². The van der Waals surface area contributed by atoms with E-state index < -0.39 is 0 Å². The number of nitrogens with zero attached hydrogens (tertiary/aromatic N) is 4. The Morgan fingerprint density at radius 2 is 1.89 bits per heavy atom. The molecule has 0 bridgehead atoms. The molecule has 3 aromatic rings. The van der Waals surface area contributed by atoms with E-state index >= 15 is 0 Å². The van der Waals surface area contributed by atoms with Crippen LogP contribution in [0.3, 0.4) is 0 Å². The number of aryl methyl sites for hydroxylation is 3. The number of pyridine rings is 1. The zero-order chi connectivity index (χ0) is 18.5. The number of carbonyl (C=O) groups excluding carboxylic acids is 1. The van der Waals surface area contributed by atoms with Gasteiger partial charge in [-0.1, -0.05) is 6.07 Å². The summed E-state index contributed by atoms with van der Waals surface area (Å²) in [5.41, 5.74) is 3.46. The van der Waals surface area contributed by atoms with Crippen molar-refractivity contribution < 1.29 is 9.53 Å². The molecule has 1 aliphatic heterocycles. The van der Waals surface area contributed by atoms with Gasteiger partial charge in [-0.3, -0.25) is 4.57 Å². The van der Waals surface area contributed by atoms with Crippen molar-refractivity contribution in [1.29, 1.82) is 0 Å². The molecule has 138 valence electrons. The number of imidazole rings is 1. The van der Waals surface area contributed by atoms with Crippen LogP contribution in [0.4, 0.5) is 4.79 Å². The van der Waals surface area contributed by atoms with E-state index in [0.717, 1.165) is 25.0 Å². The number of hydrogen-bond donors (Lipinski definition) is 0. The summed E-state index contributed by atoms with van der Waals surface area (Å²) < 4.78 is 8.59. The molecule has 3 heterocycles. The van der Waals surface area contributed by atoms with Gasteiger partial charge < -0.3 is 9.64 Å². The highest BCUT2D eigenvalue weighted by molar-refractivity contribution is 5.89. The number of amides is 1. The van der Waals surface area contributed by atoms with E-state index in [1.807, 2.05) is 6.07 Å². The van der Waals surface area contributed by atoms with Gasteiger partial charge in [0.05, 0.1) is 17.2 Å². The second-order valence-electron chi connectivity index (χ2n) is 7.20. The van der Waals surface area contributed by atoms with Gasteiger partial charge in [0, 0.05) is 26.2 Å². The first kappa shape index (κ1) is 16.1. The fourth-order valence-corrected chi connectivity index (χ4v) is 3.83. The first-order valence-electron chi connectivity index (χ1n) is 9.28. The van der Waals surface area contributed by atoms with Gasteiger partial charge in [-0.2, -0.15) is 0 Å². The zero-order valence-corrected chi connectivity index (χ0v) is 15.1. The fraction of sp³-hybridized carbons (Fsp3) is 0.350. The second-order valence-corrected chi connectivity index (χ2v) is 7.20. The molecule has 7 nitrogen and oxygen atoms in total. The van der Waals surface area contributed by atoms with Crippen molar-refractivity contribution in [3.63, 3.8) is 0 Å². The van der Waals surface area contributed by atoms with Crippen molar-refractivity contribution in [3.05, 3.63) is 52.1 Å². The van der Waals surface area contributed by atoms with Crippen LogP contribution in [0.1, 0.15) is 24.0 Å². The van der Waals surface area contributed by atoms with Crippen molar-refractivity contribution >= 4 is 17.1 Å². The molecule has 1 saturated heterocycles. The minimum Gasteiger partial charge on any atom is -0.439 e. The Hall–Kier alpha value is -3.09. The Balaban J connectivity index is 1.54. The normalized spacial score (nSPS) is 15.7. The monoisotopic (exact) mass is 364 g/mol. The molecule has 1 aliphatic carbocycles. The third-order valence-corrected chi connectivity index (χ3v) is 5.53. The van der Waals surface area contributed by atoms with E-state index in [0.29, 0.717) is 30.0 Å². The predicted octanol–water partition coefficient (Wildman–Crippen LogP) is 2.69. The third kappa shape index (κ3) is 2.53. The molecular formula is C20H20N4O3. The van der Waals surface area contributed by atoms with Gasteiger partial charge >= 0.3 is 11.7 Å². The number of rotatable bonds is 2. The summed E-state index contributed by atoms with van der Waals surface area (Å²) in [6.45, 7) is 1.37. The number of hydrogen-bond acceptors (Lipinski definition) is 4. The van der Waals surface area contributed by atoms with E-state index in [2.05, 4.69) is 17.1 Å². The summed E-state index contributed by atoms with van der Waals surface area (Å²) >= 11 is 0. The van der Waals surface area contributed by atoms with E-state index in [9.17, 15) is 9.59 Å². The van der Waals surface area contributed by atoms with E-state index in [1.165, 1.54) is 26.7 Å². The van der Waals surface area contributed by atoms with Crippen molar-refractivity contribution in [2.75, 3.05) is 13.1 Å². The summed E-state index contributed by atoms with van der Waals surface area (Å²) in [6.07, 6.45) is 5.92. The van der Waals surface area contributed by atoms with E-state index in [4.69, 9.17) is 4.74 Å². The van der Waals surface area contributed by atoms with Gasteiger partial charge in [0.2, 0.25) is 5.88 Å². The van der Waals surface area contributed by atoms with Crippen LogP contribution in [0, 0.1) is 0 Å². The Morgan fingerprint density at radius 1 is 1.07 bits per heavy atom. The first-order chi connectivity index (χ1) is 13.1. The number of likely N-dealkylation sites (tertiary alicyclic amines) is 1. The SMILES string of the molecule is Cn1c(=O)n(C(=O)N2CCC2)c2cc(Oc3ccc4c(c3)CCC4)ncc21. The fourth-order valence-electron chi connectivity index (χ4n) is 3.83. The third-order valence-electron chi connectivity index (χ3n) is 5.53. The minimum atomic E-state index is -0.363. The molecule has 0 radical (unpaired) electrons. The average molecular weight is 364 g/mol. The number of benzene rings is 1. The summed E-state index contributed by atoms with van der Waals surface area (Å²) in [5, 5.41) is 0. The molecule has 5 rings (SSSR count). The predicted molar refractivity (Wildman–Crippen MR) is 100 cm³/mol. The lowest BCUT2D eigenvalue weighted by atomic mass is 10.1. The summed E-state index contributed by atoms with van der Waals surface area (Å²) in [5.74, 6) is 1.10. The Bertz CT molecular complexity index is 1120. The van der Waals surface area contributed by atoms with Crippen molar-refractivity contribution in [2.45, 2.75) is 25.7 Å². The molecule has 27 heavy (non-hydrogen) atoms. The van der Waals surface area contributed by atoms with Crippen molar-refractivity contribution in [3.8, 4) is 11.6 Å². The maximum Gasteiger partial charge on any atom is 0.337 e. The molecule has 0 spiro atoms. The van der Waals surface area contributed by atoms with Crippen LogP contribution < -0.4 is 10.4 Å². The highest BCUT2D eigenvalue weighted by Crippen LogP contribution is 2.29. The van der Waals surface area contributed by atoms with E-state index in [-0.39, 0.29) is 11.7 Å². The molecule has 1 amide bonds. The molecule has 1 fully saturated rings. The van der Waals surface area contributed by atoms with Gasteiger partial charge in [-0.05, 0) is 48.9 Å². The Kier molecular flexibility index (Phi) is 3.56. The maximum atomic E-state index is 12.7. The molecule has 1 aromatic carbocycles. The quantitative estimate of drug-likeness (QED) is 0.701. The first-order valence-corrected chi connectivity index (χ1v) is 9.28. The highest BCUT2D eigenvalue weighted by atomic mass is 16.5. The largest absolute Gasteiger partial charge is 0.439 e. The standard InChI is InChI=1S/C20H20N4O3/c1-22-17-12-21-18(27-15-7-6-13-4-2-5-14(13)10-15)11-16(17)24(19(22)25)20(26)23-8-3-9-23/h6-7,10-12H,2-5,8-9H2,1H3. The molecule has 2 aromatic heterocycles. The molecule has 7 heteroatoms. The van der Waals surface area contributed by atoms with Gasteiger partial charge in [0.25, 0.3) is 0 Å². The molecule has 0 unspecified atom stereocenters. The van der Waals surface area contributed by atoms with Gasteiger partial charge in [0.15, 0.2) is 0 Å². The van der Waals surface area contributed by atoms with Gasteiger partial charge in [-0.15, -0.1) is 0 Å². The number of carbonyl (C=O) groups is 1. The molecule has 0 atom stereocenters. The molecule has 2 aliphatic rings. The minimum absolute atomic E-state index is 0.286. The Morgan fingerprint density at radius 3 is 2.67 bits per heavy atom. The van der Waals surface area contributed by atoms with Crippen LogP contribution in [0.5, 0.6) is 11.6 Å². The second kappa shape index (κ2) is 5.97. The lowest BCUT2D eigenvalue weighted by Gasteiger charge is -2.30. The van der Waals surface area contributed by atoms with Gasteiger partial charge in [-0.25, -0.2) is 19.1 Å². The average Bonchev–Trinajstić information content (AvgIpc) is 3.16. The lowest BCUT2D eigenvalue weighted by molar-refractivity contribution is 0.169. The highest BCUT2D eigenvalue weighted by Gasteiger charge is 2.26. The topological polar surface area (TPSA) is 69.4 Å². The van der Waals surface area contributed by atoms with Crippen molar-refractivity contribution in [1.82, 2.24) is 19.0 Å². The summed E-state index contributed by atoms with van der Waals surface area (Å²) in [4.78, 5) is 31.3.